The molecule has 0 atom stereocenters. The van der Waals surface area contributed by atoms with Crippen molar-refractivity contribution >= 4 is 0 Å². The zero-order valence-corrected chi connectivity index (χ0v) is 8.19. The Morgan fingerprint density at radius 1 is 1.07 bits per heavy atom. The van der Waals surface area contributed by atoms with Gasteiger partial charge in [0, 0.05) is 25.0 Å². The minimum Gasteiger partial charge on any atom is -0.354 e. The summed E-state index contributed by atoms with van der Waals surface area (Å²) in [5.74, 6) is 0. The normalized spacial score (nSPS) is 17.7. The van der Waals surface area contributed by atoms with Crippen LogP contribution in [0.15, 0.2) is 24.5 Å². The predicted octanol–water partition coefficient (Wildman–Crippen LogP) is 1.83. The number of aryl methyl sites for hydroxylation is 1. The maximum Gasteiger partial charge on any atom is 0.0439 e. The van der Waals surface area contributed by atoms with Crippen molar-refractivity contribution in [2.75, 3.05) is 6.54 Å². The van der Waals surface area contributed by atoms with E-state index in [0.717, 1.165) is 19.5 Å². The van der Waals surface area contributed by atoms with E-state index in [4.69, 9.17) is 0 Å². The second kappa shape index (κ2) is 5.20. The molecule has 1 heterocycles. The maximum absolute atomic E-state index is 3.37. The smallest absolute Gasteiger partial charge is 0.0439 e. The topological polar surface area (TPSA) is 17.0 Å². The van der Waals surface area contributed by atoms with E-state index in [9.17, 15) is 0 Å². The van der Waals surface area contributed by atoms with Crippen LogP contribution in [0, 0.1) is 31.7 Å². The highest BCUT2D eigenvalue weighted by molar-refractivity contribution is 5.33. The van der Waals surface area contributed by atoms with E-state index >= 15 is 0 Å². The number of rotatable bonds is 5. The van der Waals surface area contributed by atoms with Gasteiger partial charge < -0.3 is 9.88 Å². The first-order valence-corrected chi connectivity index (χ1v) is 5.01. The molecule has 2 nitrogen and oxygen atoms in total. The molecule has 1 saturated carbocycles. The summed E-state index contributed by atoms with van der Waals surface area (Å²) in [4.78, 5) is 0. The van der Waals surface area contributed by atoms with E-state index in [1.165, 1.54) is 6.04 Å². The fourth-order valence-electron chi connectivity index (χ4n) is 1.51. The van der Waals surface area contributed by atoms with Crippen molar-refractivity contribution < 1.29 is 0 Å². The molecule has 1 aliphatic carbocycles. The third kappa shape index (κ3) is 2.88. The highest BCUT2D eigenvalue weighted by Crippen LogP contribution is 2.19. The number of nitrogens with zero attached hydrogens (tertiary/aromatic N) is 1. The average Bonchev–Trinajstić information content (AvgIpc) is 2.86. The van der Waals surface area contributed by atoms with E-state index in [1.807, 2.05) is 12.8 Å². The lowest BCUT2D eigenvalue weighted by Crippen LogP contribution is -2.21. The summed E-state index contributed by atoms with van der Waals surface area (Å²) in [6, 6.07) is 5.34. The first-order chi connectivity index (χ1) is 6.95. The highest BCUT2D eigenvalue weighted by Gasteiger charge is 2.15. The van der Waals surface area contributed by atoms with Crippen molar-refractivity contribution in [2.24, 2.45) is 0 Å². The van der Waals surface area contributed by atoms with Crippen LogP contribution in [0.25, 0.3) is 0 Å². The van der Waals surface area contributed by atoms with Gasteiger partial charge in [-0.2, -0.15) is 0 Å². The van der Waals surface area contributed by atoms with Gasteiger partial charge in [-0.3, -0.25) is 0 Å². The van der Waals surface area contributed by atoms with Gasteiger partial charge in [0.2, 0.25) is 0 Å². The molecule has 1 aromatic rings. The second-order valence-electron chi connectivity index (χ2n) is 3.37. The molecule has 0 aromatic carbocycles. The van der Waals surface area contributed by atoms with Gasteiger partial charge in [0.15, 0.2) is 0 Å². The Balaban J connectivity index is 1.55. The zero-order valence-electron chi connectivity index (χ0n) is 8.19. The van der Waals surface area contributed by atoms with Gasteiger partial charge in [0.25, 0.3) is 0 Å². The summed E-state index contributed by atoms with van der Waals surface area (Å²) in [6.45, 7) is 2.11. The number of nitrogens with one attached hydrogen (secondary N) is 1. The van der Waals surface area contributed by atoms with Gasteiger partial charge in [-0.1, -0.05) is 0 Å². The molecular weight excluding hydrogens is 172 g/mol. The van der Waals surface area contributed by atoms with Crippen LogP contribution in [0.3, 0.4) is 0 Å². The second-order valence-corrected chi connectivity index (χ2v) is 3.37. The minimum absolute atomic E-state index is 1.03. The maximum atomic E-state index is 3.37. The Labute approximate surface area is 86.3 Å². The molecule has 0 spiro atoms. The molecule has 0 saturated heterocycles. The summed E-state index contributed by atoms with van der Waals surface area (Å²) in [5, 5.41) is 3.37. The van der Waals surface area contributed by atoms with Crippen LogP contribution in [0.5, 0.6) is 0 Å². The molecule has 1 N–H and O–H groups in total. The predicted molar refractivity (Wildman–Crippen MR) is 57.5 cm³/mol. The Morgan fingerprint density at radius 3 is 2.50 bits per heavy atom. The van der Waals surface area contributed by atoms with E-state index < -0.39 is 0 Å². The number of hydrogen-bond acceptors (Lipinski definition) is 1. The van der Waals surface area contributed by atoms with Crippen LogP contribution in [0.2, 0.25) is 0 Å². The molecule has 0 unspecified atom stereocenters. The molecule has 2 heteroatoms. The zero-order chi connectivity index (χ0) is 9.64. The first-order valence-electron chi connectivity index (χ1n) is 5.01. The summed E-state index contributed by atoms with van der Waals surface area (Å²) in [6.07, 6.45) is 13.6. The van der Waals surface area contributed by atoms with Crippen LogP contribution >= 0.6 is 0 Å². The van der Waals surface area contributed by atoms with Crippen molar-refractivity contribution in [1.82, 2.24) is 9.88 Å². The standard InChI is InChI=1S/C12H15N2/c1-2-7-12(6-1)13-8-5-11-14-9-3-4-10-14/h1-4,6-7,9-10,13H,5,8,11H2. The van der Waals surface area contributed by atoms with E-state index in [1.54, 1.807) is 0 Å². The third-order valence-corrected chi connectivity index (χ3v) is 2.25. The lowest BCUT2D eigenvalue weighted by molar-refractivity contribution is 0.603. The molecular formula is C12H15N2. The fourth-order valence-corrected chi connectivity index (χ4v) is 1.51. The van der Waals surface area contributed by atoms with Crippen LogP contribution < -0.4 is 5.32 Å². The lowest BCUT2D eigenvalue weighted by Gasteiger charge is -2.10. The molecule has 5 radical (unpaired) electrons. The van der Waals surface area contributed by atoms with Gasteiger partial charge >= 0.3 is 0 Å². The molecule has 1 aliphatic rings. The number of aromatic nitrogens is 1. The Bertz CT molecular complexity index is 235. The van der Waals surface area contributed by atoms with E-state index in [2.05, 4.69) is 47.3 Å². The van der Waals surface area contributed by atoms with Crippen LogP contribution in [0.4, 0.5) is 0 Å². The van der Waals surface area contributed by atoms with Gasteiger partial charge in [-0.05, 0) is 50.8 Å². The molecule has 1 aromatic heterocycles. The molecule has 0 bridgehead atoms. The minimum atomic E-state index is 1.03. The molecule has 0 amide bonds. The van der Waals surface area contributed by atoms with Gasteiger partial charge in [0.1, 0.15) is 0 Å². The lowest BCUT2D eigenvalue weighted by atomic mass is 10.2. The quantitative estimate of drug-likeness (QED) is 0.696. The van der Waals surface area contributed by atoms with Gasteiger partial charge in [-0.25, -0.2) is 0 Å². The Morgan fingerprint density at radius 2 is 1.79 bits per heavy atom. The fraction of sp³-hybridized carbons (Fsp3) is 0.250. The average molecular weight is 187 g/mol. The monoisotopic (exact) mass is 187 g/mol. The highest BCUT2D eigenvalue weighted by atomic mass is 15.0. The summed E-state index contributed by atoms with van der Waals surface area (Å²) < 4.78 is 2.20. The number of hydrogen-bond donors (Lipinski definition) is 1. The van der Waals surface area contributed by atoms with Gasteiger partial charge in [0.05, 0.1) is 0 Å². The first kappa shape index (κ1) is 9.78. The Hall–Kier alpha value is -0.760. The van der Waals surface area contributed by atoms with Crippen LogP contribution in [0.1, 0.15) is 6.42 Å². The van der Waals surface area contributed by atoms with Crippen molar-refractivity contribution in [3.63, 3.8) is 0 Å². The molecule has 0 aliphatic heterocycles. The van der Waals surface area contributed by atoms with E-state index in [0.29, 0.717) is 0 Å². The van der Waals surface area contributed by atoms with Crippen molar-refractivity contribution in [3.05, 3.63) is 56.3 Å². The SMILES string of the molecule is [CH]1[CH][CH][C](NCCCn2cccc2)[CH]1. The molecule has 14 heavy (non-hydrogen) atoms. The van der Waals surface area contributed by atoms with Crippen LogP contribution in [-0.2, 0) is 6.54 Å². The van der Waals surface area contributed by atoms with E-state index in [-0.39, 0.29) is 0 Å². The third-order valence-electron chi connectivity index (χ3n) is 2.25. The largest absolute Gasteiger partial charge is 0.354 e. The summed E-state index contributed by atoms with van der Waals surface area (Å²) >= 11 is 0. The van der Waals surface area contributed by atoms with Crippen molar-refractivity contribution in [3.8, 4) is 0 Å². The molecule has 73 valence electrons. The van der Waals surface area contributed by atoms with Crippen LogP contribution in [-0.4, -0.2) is 11.1 Å². The Kier molecular flexibility index (Phi) is 3.64. The molecule has 2 rings (SSSR count). The summed E-state index contributed by atoms with van der Waals surface area (Å²) in [5.41, 5.74) is 0. The van der Waals surface area contributed by atoms with Crippen molar-refractivity contribution in [1.29, 1.82) is 0 Å². The van der Waals surface area contributed by atoms with Gasteiger partial charge in [-0.15, -0.1) is 0 Å². The molecule has 1 fully saturated rings. The summed E-state index contributed by atoms with van der Waals surface area (Å²) in [7, 11) is 0. The van der Waals surface area contributed by atoms with Crippen molar-refractivity contribution in [2.45, 2.75) is 13.0 Å².